The molecule has 0 N–H and O–H groups in total. The van der Waals surface area contributed by atoms with E-state index in [9.17, 15) is 13.2 Å². The minimum Gasteiger partial charge on any atom is -0.406 e. The summed E-state index contributed by atoms with van der Waals surface area (Å²) in [7, 11) is 0. The van der Waals surface area contributed by atoms with Gasteiger partial charge in [-0.2, -0.15) is 0 Å². The van der Waals surface area contributed by atoms with Gasteiger partial charge in [0.25, 0.3) is 0 Å². The lowest BCUT2D eigenvalue weighted by Crippen LogP contribution is -2.19. The van der Waals surface area contributed by atoms with E-state index in [1.54, 1.807) is 13.0 Å². The Morgan fingerprint density at radius 2 is 1.00 bits per heavy atom. The van der Waals surface area contributed by atoms with Crippen molar-refractivity contribution in [3.05, 3.63) is 64.7 Å². The molecule has 0 radical (unpaired) electrons. The number of hydrogen-bond acceptors (Lipinski definition) is 1. The quantitative estimate of drug-likeness (QED) is 0.389. The van der Waals surface area contributed by atoms with Crippen molar-refractivity contribution in [1.82, 2.24) is 0 Å². The van der Waals surface area contributed by atoms with E-state index in [2.05, 4.69) is 55.8 Å². The highest BCUT2D eigenvalue weighted by molar-refractivity contribution is 5.46. The second kappa shape index (κ2) is 18.4. The van der Waals surface area contributed by atoms with Crippen LogP contribution in [0, 0.1) is 13.8 Å². The maximum atomic E-state index is 12.2. The van der Waals surface area contributed by atoms with Crippen LogP contribution in [0.15, 0.2) is 42.5 Å². The average Bonchev–Trinajstić information content (AvgIpc) is 2.74. The molecule has 0 saturated heterocycles. The Bertz CT molecular complexity index is 735. The van der Waals surface area contributed by atoms with E-state index in [1.165, 1.54) is 11.6 Å². The van der Waals surface area contributed by atoms with Crippen molar-refractivity contribution < 1.29 is 17.9 Å². The summed E-state index contributed by atoms with van der Waals surface area (Å²) in [6.45, 7) is 28.2. The molecule has 2 aromatic rings. The predicted octanol–water partition coefficient (Wildman–Crippen LogP) is 11.2. The summed E-state index contributed by atoms with van der Waals surface area (Å²) in [6, 6.07) is 13.6. The lowest BCUT2D eigenvalue weighted by atomic mass is 9.82. The van der Waals surface area contributed by atoms with Crippen LogP contribution in [0.4, 0.5) is 13.2 Å². The maximum Gasteiger partial charge on any atom is 0.573 e. The van der Waals surface area contributed by atoms with Gasteiger partial charge in [-0.05, 0) is 53.0 Å². The largest absolute Gasteiger partial charge is 0.573 e. The summed E-state index contributed by atoms with van der Waals surface area (Å²) in [6.07, 6.45) is -4.64. The van der Waals surface area contributed by atoms with Crippen LogP contribution in [-0.4, -0.2) is 6.36 Å². The predicted molar refractivity (Wildman–Crippen MR) is 147 cm³/mol. The molecule has 2 rings (SSSR count). The van der Waals surface area contributed by atoms with Crippen molar-refractivity contribution in [2.24, 2.45) is 0 Å². The third-order valence-corrected chi connectivity index (χ3v) is 4.41. The van der Waals surface area contributed by atoms with Gasteiger partial charge in [-0.3, -0.25) is 0 Å². The van der Waals surface area contributed by atoms with Crippen molar-refractivity contribution >= 4 is 0 Å². The highest BCUT2D eigenvalue weighted by Gasteiger charge is 2.32. The van der Waals surface area contributed by atoms with E-state index < -0.39 is 6.36 Å². The Labute approximate surface area is 210 Å². The molecule has 0 fully saturated rings. The summed E-state index contributed by atoms with van der Waals surface area (Å²) in [5.41, 5.74) is 4.01. The SMILES string of the molecule is C.CC.CC.CC.CC(C)(C)c1ccccc1.Cc1c(OC(F)(F)F)ccc(C(C)(C)C)c1C. The molecule has 0 aliphatic rings. The second-order valence-electron chi connectivity index (χ2n) is 8.78. The van der Waals surface area contributed by atoms with Crippen LogP contribution in [-0.2, 0) is 10.8 Å². The molecule has 0 bridgehead atoms. The smallest absolute Gasteiger partial charge is 0.406 e. The Kier molecular flexibility index (Phi) is 21.2. The molecule has 0 unspecified atom stereocenters. The monoisotopic (exact) mass is 486 g/mol. The van der Waals surface area contributed by atoms with Gasteiger partial charge >= 0.3 is 6.36 Å². The van der Waals surface area contributed by atoms with Crippen LogP contribution >= 0.6 is 0 Å². The molecule has 34 heavy (non-hydrogen) atoms. The van der Waals surface area contributed by atoms with Gasteiger partial charge in [0.05, 0.1) is 0 Å². The van der Waals surface area contributed by atoms with Crippen LogP contribution in [0.2, 0.25) is 0 Å². The Balaban J connectivity index is -0.000000227. The zero-order valence-corrected chi connectivity index (χ0v) is 23.6. The average molecular weight is 487 g/mol. The topological polar surface area (TPSA) is 9.23 Å². The Morgan fingerprint density at radius 3 is 1.29 bits per heavy atom. The molecule has 1 nitrogen and oxygen atoms in total. The molecule has 0 aliphatic carbocycles. The van der Waals surface area contributed by atoms with E-state index >= 15 is 0 Å². The molecule has 4 heteroatoms. The van der Waals surface area contributed by atoms with Gasteiger partial charge < -0.3 is 4.74 Å². The van der Waals surface area contributed by atoms with Crippen LogP contribution < -0.4 is 4.74 Å². The number of alkyl halides is 3. The molecule has 200 valence electrons. The Hall–Kier alpha value is -1.97. The molecular formula is C30H53F3O. The fourth-order valence-electron chi connectivity index (χ4n) is 2.78. The normalized spacial score (nSPS) is 10.3. The first kappa shape index (κ1) is 39.3. The van der Waals surface area contributed by atoms with Crippen LogP contribution in [0.5, 0.6) is 5.75 Å². The standard InChI is InChI=1S/C13H17F3O.C10H14.3C2H6.CH4/c1-8-9(2)11(17-13(14,15)16)7-6-10(8)12(3,4)5;1-10(2,3)9-7-5-4-6-8-9;3*1-2;/h6-7H,1-5H3;4-8H,1-3H3;3*1-2H3;1H4. The summed E-state index contributed by atoms with van der Waals surface area (Å²) in [4.78, 5) is 0. The molecule has 0 heterocycles. The van der Waals surface area contributed by atoms with Crippen molar-refractivity contribution in [3.63, 3.8) is 0 Å². The molecule has 0 aliphatic heterocycles. The minimum atomic E-state index is -4.64. The van der Waals surface area contributed by atoms with Gasteiger partial charge in [-0.25, -0.2) is 0 Å². The van der Waals surface area contributed by atoms with Gasteiger partial charge in [0, 0.05) is 0 Å². The third-order valence-electron chi connectivity index (χ3n) is 4.41. The molecule has 0 amide bonds. The van der Waals surface area contributed by atoms with Crippen molar-refractivity contribution in [2.75, 3.05) is 0 Å². The fraction of sp³-hybridized carbons (Fsp3) is 0.600. The van der Waals surface area contributed by atoms with Gasteiger partial charge in [-0.1, -0.05) is 127 Å². The first-order valence-electron chi connectivity index (χ1n) is 12.0. The van der Waals surface area contributed by atoms with Gasteiger partial charge in [0.2, 0.25) is 0 Å². The molecule has 0 aromatic heterocycles. The number of halogens is 3. The van der Waals surface area contributed by atoms with E-state index in [-0.39, 0.29) is 18.6 Å². The van der Waals surface area contributed by atoms with Gasteiger partial charge in [0.1, 0.15) is 5.75 Å². The van der Waals surface area contributed by atoms with Crippen LogP contribution in [0.3, 0.4) is 0 Å². The summed E-state index contributed by atoms with van der Waals surface area (Å²) in [5.74, 6) is -0.122. The van der Waals surface area contributed by atoms with E-state index in [4.69, 9.17) is 0 Å². The van der Waals surface area contributed by atoms with E-state index in [0.717, 1.165) is 11.1 Å². The molecule has 0 saturated carbocycles. The summed E-state index contributed by atoms with van der Waals surface area (Å²) < 4.78 is 40.5. The third kappa shape index (κ3) is 15.8. The van der Waals surface area contributed by atoms with Crippen molar-refractivity contribution in [2.45, 2.75) is 122 Å². The van der Waals surface area contributed by atoms with E-state index in [0.29, 0.717) is 11.0 Å². The Morgan fingerprint density at radius 1 is 0.588 bits per heavy atom. The number of ether oxygens (including phenoxy) is 1. The minimum absolute atomic E-state index is 0. The number of benzene rings is 2. The summed E-state index contributed by atoms with van der Waals surface area (Å²) >= 11 is 0. The molecule has 2 aromatic carbocycles. The molecule has 0 spiro atoms. The van der Waals surface area contributed by atoms with Crippen molar-refractivity contribution in [1.29, 1.82) is 0 Å². The molecular weight excluding hydrogens is 433 g/mol. The highest BCUT2D eigenvalue weighted by Crippen LogP contribution is 2.34. The highest BCUT2D eigenvalue weighted by atomic mass is 19.4. The fourth-order valence-corrected chi connectivity index (χ4v) is 2.78. The lowest BCUT2D eigenvalue weighted by molar-refractivity contribution is -0.274. The van der Waals surface area contributed by atoms with Crippen LogP contribution in [0.25, 0.3) is 0 Å². The van der Waals surface area contributed by atoms with Gasteiger partial charge in [-0.15, -0.1) is 13.2 Å². The zero-order valence-electron chi connectivity index (χ0n) is 23.6. The number of rotatable bonds is 1. The number of hydrogen-bond donors (Lipinski definition) is 0. The lowest BCUT2D eigenvalue weighted by Gasteiger charge is -2.24. The van der Waals surface area contributed by atoms with E-state index in [1.807, 2.05) is 69.2 Å². The first-order valence-corrected chi connectivity index (χ1v) is 12.0. The summed E-state index contributed by atoms with van der Waals surface area (Å²) in [5, 5.41) is 0. The van der Waals surface area contributed by atoms with Gasteiger partial charge in [0.15, 0.2) is 0 Å². The van der Waals surface area contributed by atoms with Crippen molar-refractivity contribution in [3.8, 4) is 5.75 Å². The van der Waals surface area contributed by atoms with Crippen LogP contribution in [0.1, 0.15) is 113 Å². The maximum absolute atomic E-state index is 12.2. The molecule has 0 atom stereocenters. The first-order chi connectivity index (χ1) is 15.1. The second-order valence-corrected chi connectivity index (χ2v) is 8.78. The zero-order chi connectivity index (χ0) is 27.0.